The zero-order valence-electron chi connectivity index (χ0n) is 15.3. The van der Waals surface area contributed by atoms with Gasteiger partial charge in [0.2, 0.25) is 10.0 Å². The first-order valence-electron chi connectivity index (χ1n) is 7.97. The summed E-state index contributed by atoms with van der Waals surface area (Å²) in [6.07, 6.45) is -4.43. The number of benzene rings is 2. The van der Waals surface area contributed by atoms with Crippen molar-refractivity contribution in [3.63, 3.8) is 0 Å². The summed E-state index contributed by atoms with van der Waals surface area (Å²) in [5, 5.41) is -0.0179. The molecule has 2 rings (SSSR count). The Bertz CT molecular complexity index is 975. The molecule has 0 heterocycles. The van der Waals surface area contributed by atoms with E-state index in [1.165, 1.54) is 56.4 Å². The maximum absolute atomic E-state index is 12.6. The summed E-state index contributed by atoms with van der Waals surface area (Å²) >= 11 is 5.97. The van der Waals surface area contributed by atoms with Gasteiger partial charge in [-0.1, -0.05) is 23.7 Å². The van der Waals surface area contributed by atoms with E-state index in [1.807, 2.05) is 0 Å². The molecule has 0 aliphatic heterocycles. The number of alkyl halides is 3. The van der Waals surface area contributed by atoms with Crippen molar-refractivity contribution < 1.29 is 26.4 Å². The van der Waals surface area contributed by atoms with E-state index in [0.717, 1.165) is 16.4 Å². The predicted octanol–water partition coefficient (Wildman–Crippen LogP) is 3.88. The molecule has 0 N–H and O–H groups in total. The highest BCUT2D eigenvalue weighted by Crippen LogP contribution is 2.29. The van der Waals surface area contributed by atoms with E-state index < -0.39 is 27.7 Å². The van der Waals surface area contributed by atoms with E-state index in [0.29, 0.717) is 5.56 Å². The van der Waals surface area contributed by atoms with Crippen molar-refractivity contribution in [3.8, 4) is 0 Å². The minimum Gasteiger partial charge on any atom is -0.337 e. The predicted molar refractivity (Wildman–Crippen MR) is 99.6 cm³/mol. The van der Waals surface area contributed by atoms with Crippen LogP contribution in [-0.4, -0.2) is 44.7 Å². The lowest BCUT2D eigenvalue weighted by atomic mass is 10.1. The lowest BCUT2D eigenvalue weighted by molar-refractivity contribution is -0.137. The second kappa shape index (κ2) is 8.10. The third-order valence-corrected chi connectivity index (χ3v) is 6.28. The highest BCUT2D eigenvalue weighted by atomic mass is 35.5. The van der Waals surface area contributed by atoms with Crippen LogP contribution in [-0.2, 0) is 22.7 Å². The second-order valence-electron chi connectivity index (χ2n) is 6.29. The number of rotatable bonds is 5. The average Bonchev–Trinajstić information content (AvgIpc) is 2.60. The molecule has 0 saturated heterocycles. The molecule has 5 nitrogen and oxygen atoms in total. The first kappa shape index (κ1) is 22.2. The quantitative estimate of drug-likeness (QED) is 0.717. The van der Waals surface area contributed by atoms with E-state index in [1.54, 1.807) is 0 Å². The normalized spacial score (nSPS) is 12.3. The first-order chi connectivity index (χ1) is 12.8. The van der Waals surface area contributed by atoms with Crippen LogP contribution in [0.2, 0.25) is 5.02 Å². The van der Waals surface area contributed by atoms with E-state index in [9.17, 15) is 26.4 Å². The number of sulfonamides is 1. The van der Waals surface area contributed by atoms with Crippen LogP contribution in [0.25, 0.3) is 0 Å². The Morgan fingerprint density at radius 3 is 2.11 bits per heavy atom. The Morgan fingerprint density at radius 1 is 1.04 bits per heavy atom. The Morgan fingerprint density at radius 2 is 1.61 bits per heavy atom. The topological polar surface area (TPSA) is 57.7 Å². The molecule has 28 heavy (non-hydrogen) atoms. The van der Waals surface area contributed by atoms with Gasteiger partial charge in [0.1, 0.15) is 4.90 Å². The van der Waals surface area contributed by atoms with Gasteiger partial charge >= 0.3 is 6.18 Å². The molecule has 0 unspecified atom stereocenters. The Hall–Kier alpha value is -2.10. The molecular weight excluding hydrogens is 417 g/mol. The molecule has 0 aliphatic carbocycles. The summed E-state index contributed by atoms with van der Waals surface area (Å²) in [6.45, 7) is 0.0510. The number of hydrogen-bond donors (Lipinski definition) is 0. The number of halogens is 4. The summed E-state index contributed by atoms with van der Waals surface area (Å²) in [4.78, 5) is 13.7. The average molecular weight is 435 g/mol. The largest absolute Gasteiger partial charge is 0.416 e. The highest BCUT2D eigenvalue weighted by Gasteiger charge is 2.30. The Labute approximate surface area is 166 Å². The van der Waals surface area contributed by atoms with Gasteiger partial charge < -0.3 is 4.90 Å². The number of amides is 1. The first-order valence-corrected chi connectivity index (χ1v) is 9.79. The van der Waals surface area contributed by atoms with Crippen molar-refractivity contribution in [2.24, 2.45) is 0 Å². The zero-order valence-corrected chi connectivity index (χ0v) is 16.9. The lowest BCUT2D eigenvalue weighted by Crippen LogP contribution is -2.27. The van der Waals surface area contributed by atoms with E-state index in [4.69, 9.17) is 11.6 Å². The van der Waals surface area contributed by atoms with Gasteiger partial charge in [0.15, 0.2) is 0 Å². The van der Waals surface area contributed by atoms with Crippen LogP contribution in [0.3, 0.4) is 0 Å². The number of carbonyl (C=O) groups excluding carboxylic acids is 1. The molecule has 10 heteroatoms. The maximum atomic E-state index is 12.6. The molecular formula is C18H18ClF3N2O3S. The summed E-state index contributed by atoms with van der Waals surface area (Å²) < 4.78 is 63.5. The molecule has 0 aromatic heterocycles. The van der Waals surface area contributed by atoms with Gasteiger partial charge in [-0.3, -0.25) is 4.79 Å². The molecule has 2 aromatic rings. The highest BCUT2D eigenvalue weighted by molar-refractivity contribution is 7.89. The molecule has 2 aromatic carbocycles. The van der Waals surface area contributed by atoms with Gasteiger partial charge in [-0.15, -0.1) is 0 Å². The van der Waals surface area contributed by atoms with Crippen LogP contribution in [0.5, 0.6) is 0 Å². The van der Waals surface area contributed by atoms with Crippen molar-refractivity contribution in [2.75, 3.05) is 21.1 Å². The fraction of sp³-hybridized carbons (Fsp3) is 0.278. The van der Waals surface area contributed by atoms with Gasteiger partial charge in [0.25, 0.3) is 5.91 Å². The van der Waals surface area contributed by atoms with Gasteiger partial charge in [0, 0.05) is 33.3 Å². The van der Waals surface area contributed by atoms with Gasteiger partial charge in [-0.05, 0) is 35.9 Å². The van der Waals surface area contributed by atoms with Gasteiger partial charge in [-0.25, -0.2) is 12.7 Å². The third-order valence-electron chi connectivity index (χ3n) is 3.98. The van der Waals surface area contributed by atoms with Crippen LogP contribution in [0.15, 0.2) is 47.4 Å². The fourth-order valence-electron chi connectivity index (χ4n) is 2.40. The smallest absolute Gasteiger partial charge is 0.337 e. The number of nitrogens with zero attached hydrogens (tertiary/aromatic N) is 2. The molecule has 0 atom stereocenters. The van der Waals surface area contributed by atoms with Crippen LogP contribution < -0.4 is 0 Å². The second-order valence-corrected chi connectivity index (χ2v) is 8.82. The lowest BCUT2D eigenvalue weighted by Gasteiger charge is -2.19. The number of carbonyl (C=O) groups is 1. The minimum atomic E-state index is -4.43. The minimum absolute atomic E-state index is 0.0179. The van der Waals surface area contributed by atoms with Gasteiger partial charge in [0.05, 0.1) is 10.6 Å². The SMILES string of the molecule is CN(Cc1ccc(C(F)(F)F)cc1)C(=O)c1ccc(Cl)c(S(=O)(=O)N(C)C)c1. The summed E-state index contributed by atoms with van der Waals surface area (Å²) in [5.41, 5.74) is -0.181. The molecule has 0 radical (unpaired) electrons. The molecule has 1 amide bonds. The molecule has 0 aliphatic rings. The molecule has 0 fully saturated rings. The molecule has 0 bridgehead atoms. The van der Waals surface area contributed by atoms with E-state index in [2.05, 4.69) is 0 Å². The van der Waals surface area contributed by atoms with Crippen LogP contribution in [0, 0.1) is 0 Å². The molecule has 152 valence electrons. The summed E-state index contributed by atoms with van der Waals surface area (Å²) in [5.74, 6) is -0.494. The van der Waals surface area contributed by atoms with Crippen LogP contribution >= 0.6 is 11.6 Å². The van der Waals surface area contributed by atoms with Crippen molar-refractivity contribution >= 4 is 27.5 Å². The molecule has 0 saturated carbocycles. The Kier molecular flexibility index (Phi) is 6.42. The van der Waals surface area contributed by atoms with Crippen LogP contribution in [0.4, 0.5) is 13.2 Å². The Balaban J connectivity index is 2.24. The van der Waals surface area contributed by atoms with Gasteiger partial charge in [-0.2, -0.15) is 13.2 Å². The molecule has 0 spiro atoms. The third kappa shape index (κ3) is 4.84. The van der Waals surface area contributed by atoms with E-state index >= 15 is 0 Å². The van der Waals surface area contributed by atoms with Crippen molar-refractivity contribution in [2.45, 2.75) is 17.6 Å². The zero-order chi connectivity index (χ0) is 21.3. The van der Waals surface area contributed by atoms with E-state index in [-0.39, 0.29) is 22.0 Å². The monoisotopic (exact) mass is 434 g/mol. The van der Waals surface area contributed by atoms with Crippen molar-refractivity contribution in [3.05, 3.63) is 64.2 Å². The maximum Gasteiger partial charge on any atom is 0.416 e. The fourth-order valence-corrected chi connectivity index (χ4v) is 3.79. The number of hydrogen-bond acceptors (Lipinski definition) is 3. The summed E-state index contributed by atoms with van der Waals surface area (Å²) in [6, 6.07) is 8.35. The summed E-state index contributed by atoms with van der Waals surface area (Å²) in [7, 11) is 0.312. The van der Waals surface area contributed by atoms with Crippen LogP contribution in [0.1, 0.15) is 21.5 Å². The standard InChI is InChI=1S/C18H18ClF3N2O3S/c1-23(2)28(26,27)16-10-13(6-9-15(16)19)17(25)24(3)11-12-4-7-14(8-5-12)18(20,21)22/h4-10H,11H2,1-3H3. The van der Waals surface area contributed by atoms with Crippen molar-refractivity contribution in [1.82, 2.24) is 9.21 Å². The van der Waals surface area contributed by atoms with Crippen molar-refractivity contribution in [1.29, 1.82) is 0 Å².